The number of piperidine rings is 1. The summed E-state index contributed by atoms with van der Waals surface area (Å²) < 4.78 is 5.57. The maximum atomic E-state index is 12.5. The van der Waals surface area contributed by atoms with Gasteiger partial charge in [-0.05, 0) is 37.7 Å². The van der Waals surface area contributed by atoms with Crippen molar-refractivity contribution in [2.24, 2.45) is 5.73 Å². The minimum atomic E-state index is -0.463. The molecule has 126 valence electrons. The summed E-state index contributed by atoms with van der Waals surface area (Å²) in [5.41, 5.74) is 6.84. The van der Waals surface area contributed by atoms with Crippen LogP contribution in [0.25, 0.3) is 0 Å². The molecule has 1 unspecified atom stereocenters. The topological polar surface area (TPSA) is 85.2 Å². The molecule has 4 rings (SSSR count). The maximum Gasteiger partial charge on any atom is 0.254 e. The van der Waals surface area contributed by atoms with Crippen molar-refractivity contribution >= 4 is 5.91 Å². The van der Waals surface area contributed by atoms with Crippen molar-refractivity contribution in [1.29, 1.82) is 0 Å². The Hall–Kier alpha value is -2.21. The van der Waals surface area contributed by atoms with E-state index in [1.54, 1.807) is 0 Å². The van der Waals surface area contributed by atoms with Gasteiger partial charge in [-0.3, -0.25) is 4.79 Å². The zero-order chi connectivity index (χ0) is 16.6. The molecule has 0 radical (unpaired) electrons. The number of nitrogens with zero attached hydrogens (tertiary/aromatic N) is 3. The number of hydrogen-bond donors (Lipinski definition) is 1. The van der Waals surface area contributed by atoms with Crippen LogP contribution in [0.2, 0.25) is 0 Å². The van der Waals surface area contributed by atoms with E-state index in [2.05, 4.69) is 10.1 Å². The first-order valence-corrected chi connectivity index (χ1v) is 8.65. The summed E-state index contributed by atoms with van der Waals surface area (Å²) >= 11 is 0. The lowest BCUT2D eigenvalue weighted by Crippen LogP contribution is -2.44. The van der Waals surface area contributed by atoms with Crippen molar-refractivity contribution in [1.82, 2.24) is 15.0 Å². The molecule has 2 N–H and O–H groups in total. The molecule has 0 bridgehead atoms. The zero-order valence-electron chi connectivity index (χ0n) is 13.6. The SMILES string of the molecule is NC1(c2noc(C(c3ccccc3)N3CCCCC3=O)n2)CCC1. The molecule has 6 nitrogen and oxygen atoms in total. The van der Waals surface area contributed by atoms with Gasteiger partial charge in [0.05, 0.1) is 5.54 Å². The van der Waals surface area contributed by atoms with Crippen molar-refractivity contribution in [3.63, 3.8) is 0 Å². The van der Waals surface area contributed by atoms with Gasteiger partial charge in [0.2, 0.25) is 5.91 Å². The Balaban J connectivity index is 1.71. The second kappa shape index (κ2) is 6.02. The highest BCUT2D eigenvalue weighted by molar-refractivity contribution is 5.77. The number of rotatable bonds is 4. The number of aromatic nitrogens is 2. The maximum absolute atomic E-state index is 12.5. The van der Waals surface area contributed by atoms with Crippen molar-refractivity contribution in [2.45, 2.75) is 50.1 Å². The lowest BCUT2D eigenvalue weighted by atomic mass is 9.77. The fourth-order valence-corrected chi connectivity index (χ4v) is 3.52. The molecule has 1 aliphatic heterocycles. The van der Waals surface area contributed by atoms with Crippen LogP contribution >= 0.6 is 0 Å². The molecule has 1 saturated heterocycles. The highest BCUT2D eigenvalue weighted by Gasteiger charge is 2.40. The summed E-state index contributed by atoms with van der Waals surface area (Å²) in [6.07, 6.45) is 5.36. The first-order valence-electron chi connectivity index (χ1n) is 8.65. The second-order valence-electron chi connectivity index (χ2n) is 6.82. The molecular weight excluding hydrogens is 304 g/mol. The fraction of sp³-hybridized carbons (Fsp3) is 0.500. The van der Waals surface area contributed by atoms with Crippen LogP contribution in [0.1, 0.15) is 61.8 Å². The second-order valence-corrected chi connectivity index (χ2v) is 6.82. The first-order chi connectivity index (χ1) is 11.7. The molecule has 24 heavy (non-hydrogen) atoms. The number of carbonyl (C=O) groups is 1. The third-order valence-corrected chi connectivity index (χ3v) is 5.15. The quantitative estimate of drug-likeness (QED) is 0.933. The summed E-state index contributed by atoms with van der Waals surface area (Å²) in [4.78, 5) is 18.9. The molecule has 1 amide bonds. The molecular formula is C18H22N4O2. The number of hydrogen-bond acceptors (Lipinski definition) is 5. The van der Waals surface area contributed by atoms with E-state index in [9.17, 15) is 4.79 Å². The Bertz CT molecular complexity index is 724. The van der Waals surface area contributed by atoms with Gasteiger partial charge in [-0.1, -0.05) is 35.5 Å². The van der Waals surface area contributed by atoms with Gasteiger partial charge in [0.1, 0.15) is 6.04 Å². The van der Waals surface area contributed by atoms with Crippen LogP contribution in [0.5, 0.6) is 0 Å². The molecule has 1 aromatic heterocycles. The Kier molecular flexibility index (Phi) is 3.84. The molecule has 2 aliphatic rings. The summed E-state index contributed by atoms with van der Waals surface area (Å²) in [6, 6.07) is 9.55. The largest absolute Gasteiger partial charge is 0.337 e. The summed E-state index contributed by atoms with van der Waals surface area (Å²) in [5.74, 6) is 1.17. The molecule has 6 heteroatoms. The Morgan fingerprint density at radius 2 is 1.96 bits per heavy atom. The molecule has 2 aromatic rings. The van der Waals surface area contributed by atoms with Gasteiger partial charge in [-0.25, -0.2) is 0 Å². The monoisotopic (exact) mass is 326 g/mol. The third-order valence-electron chi connectivity index (χ3n) is 5.15. The number of benzene rings is 1. The van der Waals surface area contributed by atoms with Crippen LogP contribution in [-0.2, 0) is 10.3 Å². The van der Waals surface area contributed by atoms with Crippen LogP contribution in [0.15, 0.2) is 34.9 Å². The standard InChI is InChI=1S/C18H22N4O2/c19-18(10-6-11-18)17-20-16(24-21-17)15(13-7-2-1-3-8-13)22-12-5-4-9-14(22)23/h1-3,7-8,15H,4-6,9-12,19H2. The smallest absolute Gasteiger partial charge is 0.254 e. The average Bonchev–Trinajstić information content (AvgIpc) is 3.06. The lowest BCUT2D eigenvalue weighted by Gasteiger charge is -2.35. The van der Waals surface area contributed by atoms with Crippen molar-refractivity contribution in [3.05, 3.63) is 47.6 Å². The molecule has 1 aliphatic carbocycles. The molecule has 0 spiro atoms. The van der Waals surface area contributed by atoms with Crippen LogP contribution in [0.3, 0.4) is 0 Å². The predicted octanol–water partition coefficient (Wildman–Crippen LogP) is 2.51. The number of carbonyl (C=O) groups excluding carboxylic acids is 1. The number of amides is 1. The Morgan fingerprint density at radius 3 is 2.62 bits per heavy atom. The Labute approximate surface area is 141 Å². The molecule has 2 fully saturated rings. The molecule has 1 aromatic carbocycles. The zero-order valence-corrected chi connectivity index (χ0v) is 13.6. The van der Waals surface area contributed by atoms with Gasteiger partial charge in [0.25, 0.3) is 5.89 Å². The van der Waals surface area contributed by atoms with Crippen molar-refractivity contribution in [3.8, 4) is 0 Å². The first kappa shape index (κ1) is 15.3. The predicted molar refractivity (Wildman–Crippen MR) is 87.9 cm³/mol. The van der Waals surface area contributed by atoms with E-state index in [1.807, 2.05) is 35.2 Å². The van der Waals surface area contributed by atoms with Gasteiger partial charge in [0, 0.05) is 13.0 Å². The molecule has 2 heterocycles. The Morgan fingerprint density at radius 1 is 1.17 bits per heavy atom. The summed E-state index contributed by atoms with van der Waals surface area (Å²) in [7, 11) is 0. The minimum Gasteiger partial charge on any atom is -0.337 e. The van der Waals surface area contributed by atoms with Gasteiger partial charge in [0.15, 0.2) is 5.82 Å². The molecule has 1 saturated carbocycles. The number of nitrogens with two attached hydrogens (primary N) is 1. The minimum absolute atomic E-state index is 0.140. The van der Waals surface area contributed by atoms with Crippen LogP contribution in [-0.4, -0.2) is 27.5 Å². The average molecular weight is 326 g/mol. The van der Waals surface area contributed by atoms with Crippen LogP contribution in [0.4, 0.5) is 0 Å². The summed E-state index contributed by atoms with van der Waals surface area (Å²) in [5, 5.41) is 4.13. The van der Waals surface area contributed by atoms with E-state index >= 15 is 0 Å². The van der Waals surface area contributed by atoms with E-state index in [4.69, 9.17) is 10.3 Å². The highest BCUT2D eigenvalue weighted by Crippen LogP contribution is 2.38. The fourth-order valence-electron chi connectivity index (χ4n) is 3.52. The van der Waals surface area contributed by atoms with Crippen LogP contribution in [0, 0.1) is 0 Å². The molecule has 1 atom stereocenters. The highest BCUT2D eigenvalue weighted by atomic mass is 16.5. The van der Waals surface area contributed by atoms with Gasteiger partial charge < -0.3 is 15.2 Å². The van der Waals surface area contributed by atoms with E-state index in [1.165, 1.54) is 0 Å². The van der Waals surface area contributed by atoms with Crippen LogP contribution < -0.4 is 5.73 Å². The normalized spacial score (nSPS) is 21.4. The van der Waals surface area contributed by atoms with E-state index < -0.39 is 5.54 Å². The van der Waals surface area contributed by atoms with E-state index in [-0.39, 0.29) is 11.9 Å². The lowest BCUT2D eigenvalue weighted by molar-refractivity contribution is -0.135. The van der Waals surface area contributed by atoms with Gasteiger partial charge in [-0.15, -0.1) is 0 Å². The van der Waals surface area contributed by atoms with Crippen molar-refractivity contribution in [2.75, 3.05) is 6.54 Å². The third kappa shape index (κ3) is 2.60. The van der Waals surface area contributed by atoms with E-state index in [0.29, 0.717) is 24.7 Å². The summed E-state index contributed by atoms with van der Waals surface area (Å²) in [6.45, 7) is 0.712. The van der Waals surface area contributed by atoms with E-state index in [0.717, 1.165) is 37.7 Å². The van der Waals surface area contributed by atoms with Crippen molar-refractivity contribution < 1.29 is 9.32 Å². The van der Waals surface area contributed by atoms with Gasteiger partial charge >= 0.3 is 0 Å². The number of likely N-dealkylation sites (tertiary alicyclic amines) is 1. The van der Waals surface area contributed by atoms with Gasteiger partial charge in [-0.2, -0.15) is 4.98 Å².